The summed E-state index contributed by atoms with van der Waals surface area (Å²) in [5, 5.41) is 11.9. The fraction of sp³-hybridized carbons (Fsp3) is 0.312. The topological polar surface area (TPSA) is 59.8 Å². The number of aryl methyl sites for hydroxylation is 1. The van der Waals surface area contributed by atoms with E-state index in [0.717, 1.165) is 26.4 Å². The maximum absolute atomic E-state index is 12.5. The van der Waals surface area contributed by atoms with Crippen LogP contribution in [0.3, 0.4) is 0 Å². The number of carbonyl (C=O) groups excluding carboxylic acids is 1. The number of thioether (sulfide) groups is 1. The zero-order valence-electron chi connectivity index (χ0n) is 13.3. The van der Waals surface area contributed by atoms with Crippen molar-refractivity contribution >= 4 is 34.0 Å². The predicted octanol–water partition coefficient (Wildman–Crippen LogP) is 3.72. The second-order valence-corrected chi connectivity index (χ2v) is 7.14. The monoisotopic (exact) mass is 348 g/mol. The van der Waals surface area contributed by atoms with E-state index < -0.39 is 0 Å². The summed E-state index contributed by atoms with van der Waals surface area (Å²) in [7, 11) is 0. The summed E-state index contributed by atoms with van der Waals surface area (Å²) in [6, 6.07) is 1.94. The normalized spacial score (nSPS) is 10.5. The van der Waals surface area contributed by atoms with Gasteiger partial charge in [0.2, 0.25) is 5.13 Å². The molecule has 23 heavy (non-hydrogen) atoms. The second-order valence-electron chi connectivity index (χ2n) is 4.94. The highest BCUT2D eigenvalue weighted by Crippen LogP contribution is 2.27. The van der Waals surface area contributed by atoms with Gasteiger partial charge in [-0.2, -0.15) is 0 Å². The van der Waals surface area contributed by atoms with Gasteiger partial charge in [-0.15, -0.1) is 23.4 Å². The average Bonchev–Trinajstić information content (AvgIpc) is 3.10. The van der Waals surface area contributed by atoms with E-state index in [9.17, 15) is 4.79 Å². The number of Topliss-reactive ketones (excluding diaryl/α,β-unsaturated/α-hetero) is 1. The molecule has 2 aromatic rings. The van der Waals surface area contributed by atoms with E-state index in [1.807, 2.05) is 26.0 Å². The molecular formula is C16H20N4OS2. The smallest absolute Gasteiger partial charge is 0.206 e. The van der Waals surface area contributed by atoms with Gasteiger partial charge >= 0.3 is 0 Å². The van der Waals surface area contributed by atoms with Crippen molar-refractivity contribution in [2.24, 2.45) is 0 Å². The number of aromatic nitrogens is 3. The molecular weight excluding hydrogens is 328 g/mol. The van der Waals surface area contributed by atoms with Gasteiger partial charge in [0, 0.05) is 30.0 Å². The van der Waals surface area contributed by atoms with Gasteiger partial charge in [0.1, 0.15) is 0 Å². The van der Waals surface area contributed by atoms with Crippen LogP contribution in [0.4, 0.5) is 5.13 Å². The number of rotatable bonds is 9. The first-order valence-electron chi connectivity index (χ1n) is 7.18. The van der Waals surface area contributed by atoms with E-state index in [0.29, 0.717) is 18.8 Å². The largest absolute Gasteiger partial charge is 0.357 e. The third kappa shape index (κ3) is 4.33. The highest BCUT2D eigenvalue weighted by Gasteiger charge is 2.16. The maximum Gasteiger partial charge on any atom is 0.206 e. The number of nitrogens with zero attached hydrogens (tertiary/aromatic N) is 3. The highest BCUT2D eigenvalue weighted by atomic mass is 32.2. The first kappa shape index (κ1) is 17.5. The second kappa shape index (κ2) is 8.12. The predicted molar refractivity (Wildman–Crippen MR) is 97.8 cm³/mol. The number of carbonyl (C=O) groups is 1. The van der Waals surface area contributed by atoms with Gasteiger partial charge in [0.05, 0.1) is 5.75 Å². The van der Waals surface area contributed by atoms with Gasteiger partial charge in [-0.3, -0.25) is 4.79 Å². The van der Waals surface area contributed by atoms with Crippen LogP contribution in [0.1, 0.15) is 21.7 Å². The van der Waals surface area contributed by atoms with Crippen molar-refractivity contribution in [3.8, 4) is 0 Å². The average molecular weight is 348 g/mol. The van der Waals surface area contributed by atoms with Crippen molar-refractivity contribution in [3.05, 3.63) is 48.3 Å². The van der Waals surface area contributed by atoms with Crippen LogP contribution in [0.5, 0.6) is 0 Å². The Morgan fingerprint density at radius 2 is 2.17 bits per heavy atom. The van der Waals surface area contributed by atoms with Gasteiger partial charge < -0.3 is 9.88 Å². The molecule has 0 saturated carbocycles. The molecule has 0 aliphatic rings. The molecule has 1 N–H and O–H groups in total. The molecule has 0 amide bonds. The van der Waals surface area contributed by atoms with Gasteiger partial charge in [-0.25, -0.2) is 0 Å². The molecule has 0 radical (unpaired) electrons. The molecule has 2 rings (SSSR count). The molecule has 5 nitrogen and oxygen atoms in total. The molecule has 2 aromatic heterocycles. The van der Waals surface area contributed by atoms with Crippen LogP contribution in [-0.2, 0) is 6.54 Å². The Hall–Kier alpha value is -1.86. The highest BCUT2D eigenvalue weighted by molar-refractivity contribution is 8.01. The summed E-state index contributed by atoms with van der Waals surface area (Å²) >= 11 is 2.86. The lowest BCUT2D eigenvalue weighted by Crippen LogP contribution is -2.06. The van der Waals surface area contributed by atoms with Gasteiger partial charge in [-0.1, -0.05) is 35.3 Å². The maximum atomic E-state index is 12.5. The Balaban J connectivity index is 1.99. The standard InChI is InChI=1S/C16H20N4OS2/c1-5-7-17-15-18-19-16(23-15)22-10-14(21)13-9-11(3)20(8-6-2)12(13)4/h5-6,9H,1-2,7-8,10H2,3-4H3,(H,17,18). The van der Waals surface area contributed by atoms with Crippen LogP contribution in [0, 0.1) is 13.8 Å². The van der Waals surface area contributed by atoms with Gasteiger partial charge in [0.15, 0.2) is 10.1 Å². The molecule has 122 valence electrons. The summed E-state index contributed by atoms with van der Waals surface area (Å²) in [6.07, 6.45) is 3.60. The van der Waals surface area contributed by atoms with Crippen LogP contribution in [-0.4, -0.2) is 32.8 Å². The third-order valence-electron chi connectivity index (χ3n) is 3.32. The van der Waals surface area contributed by atoms with E-state index in [2.05, 4.69) is 33.2 Å². The molecule has 0 aliphatic heterocycles. The SMILES string of the molecule is C=CCNc1nnc(SCC(=O)c2cc(C)n(CC=C)c2C)s1. The van der Waals surface area contributed by atoms with Crippen molar-refractivity contribution < 1.29 is 4.79 Å². The number of ketones is 1. The minimum absolute atomic E-state index is 0.106. The van der Waals surface area contributed by atoms with Crippen molar-refractivity contribution in [2.45, 2.75) is 24.7 Å². The fourth-order valence-electron chi connectivity index (χ4n) is 2.20. The molecule has 0 spiro atoms. The Kier molecular flexibility index (Phi) is 6.18. The number of hydrogen-bond acceptors (Lipinski definition) is 6. The van der Waals surface area contributed by atoms with Gasteiger partial charge in [-0.05, 0) is 19.9 Å². The molecule has 2 heterocycles. The lowest BCUT2D eigenvalue weighted by atomic mass is 10.2. The van der Waals surface area contributed by atoms with Crippen LogP contribution in [0.2, 0.25) is 0 Å². The molecule has 0 aromatic carbocycles. The molecule has 0 bridgehead atoms. The minimum Gasteiger partial charge on any atom is -0.357 e. The van der Waals surface area contributed by atoms with E-state index in [1.54, 1.807) is 6.08 Å². The van der Waals surface area contributed by atoms with E-state index >= 15 is 0 Å². The number of allylic oxidation sites excluding steroid dienone is 1. The Labute approximate surface area is 144 Å². The molecule has 0 unspecified atom stereocenters. The van der Waals surface area contributed by atoms with E-state index in [4.69, 9.17) is 0 Å². The van der Waals surface area contributed by atoms with Crippen LogP contribution in [0.15, 0.2) is 35.7 Å². The molecule has 0 saturated heterocycles. The molecule has 7 heteroatoms. The Morgan fingerprint density at radius 3 is 2.87 bits per heavy atom. The number of nitrogens with one attached hydrogen (secondary N) is 1. The summed E-state index contributed by atoms with van der Waals surface area (Å²) in [5.41, 5.74) is 2.83. The zero-order chi connectivity index (χ0) is 16.8. The van der Waals surface area contributed by atoms with Crippen LogP contribution in [0.25, 0.3) is 0 Å². The van der Waals surface area contributed by atoms with Crippen LogP contribution >= 0.6 is 23.1 Å². The Morgan fingerprint density at radius 1 is 1.39 bits per heavy atom. The summed E-state index contributed by atoms with van der Waals surface area (Å²) < 4.78 is 2.87. The molecule has 0 atom stereocenters. The van der Waals surface area contributed by atoms with Crippen molar-refractivity contribution in [3.63, 3.8) is 0 Å². The van der Waals surface area contributed by atoms with Crippen molar-refractivity contribution in [1.82, 2.24) is 14.8 Å². The van der Waals surface area contributed by atoms with Crippen molar-refractivity contribution in [2.75, 3.05) is 17.6 Å². The fourth-order valence-corrected chi connectivity index (χ4v) is 3.84. The molecule has 0 fully saturated rings. The first-order chi connectivity index (χ1) is 11.1. The number of anilines is 1. The number of hydrogen-bond donors (Lipinski definition) is 1. The minimum atomic E-state index is 0.106. The third-order valence-corrected chi connectivity index (χ3v) is 5.33. The van der Waals surface area contributed by atoms with Crippen LogP contribution < -0.4 is 5.32 Å². The lowest BCUT2D eigenvalue weighted by Gasteiger charge is -2.05. The first-order valence-corrected chi connectivity index (χ1v) is 8.99. The molecule has 0 aliphatic carbocycles. The zero-order valence-corrected chi connectivity index (χ0v) is 15.0. The van der Waals surface area contributed by atoms with E-state index in [1.165, 1.54) is 23.1 Å². The summed E-state index contributed by atoms with van der Waals surface area (Å²) in [6.45, 7) is 12.7. The van der Waals surface area contributed by atoms with Crippen molar-refractivity contribution in [1.29, 1.82) is 0 Å². The lowest BCUT2D eigenvalue weighted by molar-refractivity contribution is 0.102. The quantitative estimate of drug-likeness (QED) is 0.425. The Bertz CT molecular complexity index is 718. The summed E-state index contributed by atoms with van der Waals surface area (Å²) in [4.78, 5) is 12.5. The summed E-state index contributed by atoms with van der Waals surface area (Å²) in [5.74, 6) is 0.461. The van der Waals surface area contributed by atoms with Gasteiger partial charge in [0.25, 0.3) is 0 Å². The van der Waals surface area contributed by atoms with E-state index in [-0.39, 0.29) is 5.78 Å².